The lowest BCUT2D eigenvalue weighted by atomic mass is 10.1. The maximum absolute atomic E-state index is 13.2. The Morgan fingerprint density at radius 2 is 1.80 bits per heavy atom. The molecule has 2 aromatic carbocycles. The first-order valence-corrected chi connectivity index (χ1v) is 13.3. The number of aromatic carboxylic acids is 1. The number of thiazole rings is 1. The number of carbonyl (C=O) groups excluding carboxylic acids is 1. The molecule has 1 aliphatic carbocycles. The van der Waals surface area contributed by atoms with Crippen LogP contribution in [0.1, 0.15) is 41.7 Å². The van der Waals surface area contributed by atoms with Crippen molar-refractivity contribution in [1.29, 1.82) is 0 Å². The molecule has 3 aromatic rings. The second kappa shape index (κ2) is 10.0. The molecule has 0 radical (unpaired) electrons. The summed E-state index contributed by atoms with van der Waals surface area (Å²) in [6, 6.07) is 10.2. The van der Waals surface area contributed by atoms with Gasteiger partial charge in [-0.3, -0.25) is 9.52 Å². The smallest absolute Gasteiger partial charge is 0.335 e. The summed E-state index contributed by atoms with van der Waals surface area (Å²) in [5.41, 5.74) is 1.54. The highest BCUT2D eigenvalue weighted by Gasteiger charge is 2.25. The Bertz CT molecular complexity index is 1360. The van der Waals surface area contributed by atoms with Crippen LogP contribution in [0.3, 0.4) is 0 Å². The SMILES string of the molecule is COc1ccc(-c2sc(NC(=O)C3CCCC3)nc2C)cc1S(=O)(=O)Nc1ccc(C(=O)O)cc1. The van der Waals surface area contributed by atoms with E-state index in [0.717, 1.165) is 30.6 Å². The van der Waals surface area contributed by atoms with Gasteiger partial charge in [0.15, 0.2) is 5.13 Å². The molecule has 1 aromatic heterocycles. The number of hydrogen-bond donors (Lipinski definition) is 3. The van der Waals surface area contributed by atoms with E-state index in [1.165, 1.54) is 48.8 Å². The Balaban J connectivity index is 1.61. The Hall–Kier alpha value is -3.44. The summed E-state index contributed by atoms with van der Waals surface area (Å²) in [7, 11) is -2.68. The van der Waals surface area contributed by atoms with Crippen LogP contribution in [0.5, 0.6) is 5.75 Å². The van der Waals surface area contributed by atoms with Gasteiger partial charge in [-0.05, 0) is 67.8 Å². The minimum atomic E-state index is -4.06. The molecule has 0 aliphatic heterocycles. The van der Waals surface area contributed by atoms with E-state index in [0.29, 0.717) is 16.4 Å². The maximum Gasteiger partial charge on any atom is 0.335 e. The molecule has 0 atom stereocenters. The molecule has 11 heteroatoms. The van der Waals surface area contributed by atoms with Gasteiger partial charge in [0.05, 0.1) is 23.2 Å². The van der Waals surface area contributed by atoms with E-state index in [1.54, 1.807) is 19.1 Å². The van der Waals surface area contributed by atoms with E-state index in [4.69, 9.17) is 9.84 Å². The molecule has 0 saturated heterocycles. The number of methoxy groups -OCH3 is 1. The molecule has 0 unspecified atom stereocenters. The molecule has 184 valence electrons. The monoisotopic (exact) mass is 515 g/mol. The van der Waals surface area contributed by atoms with Gasteiger partial charge < -0.3 is 15.2 Å². The third kappa shape index (κ3) is 5.46. The molecule has 35 heavy (non-hydrogen) atoms. The quantitative estimate of drug-likeness (QED) is 0.394. The number of carboxylic acids is 1. The molecule has 4 rings (SSSR count). The van der Waals surface area contributed by atoms with Gasteiger partial charge in [-0.25, -0.2) is 18.2 Å². The molecular formula is C24H25N3O6S2. The van der Waals surface area contributed by atoms with E-state index >= 15 is 0 Å². The number of aromatic nitrogens is 1. The Labute approximate surface area is 207 Å². The Kier molecular flexibility index (Phi) is 7.08. The van der Waals surface area contributed by atoms with E-state index in [-0.39, 0.29) is 33.7 Å². The zero-order valence-electron chi connectivity index (χ0n) is 19.2. The fourth-order valence-corrected chi connectivity index (χ4v) is 6.25. The molecule has 0 spiro atoms. The average Bonchev–Trinajstić information content (AvgIpc) is 3.49. The van der Waals surface area contributed by atoms with Crippen LogP contribution in [0.25, 0.3) is 10.4 Å². The van der Waals surface area contributed by atoms with Crippen molar-refractivity contribution < 1.29 is 27.9 Å². The van der Waals surface area contributed by atoms with Gasteiger partial charge in [0.1, 0.15) is 10.6 Å². The zero-order chi connectivity index (χ0) is 25.2. The van der Waals surface area contributed by atoms with E-state index in [9.17, 15) is 18.0 Å². The van der Waals surface area contributed by atoms with Gasteiger partial charge in [0.2, 0.25) is 5.91 Å². The van der Waals surface area contributed by atoms with Crippen LogP contribution < -0.4 is 14.8 Å². The van der Waals surface area contributed by atoms with Crippen LogP contribution in [0.15, 0.2) is 47.4 Å². The summed E-state index contributed by atoms with van der Waals surface area (Å²) in [5.74, 6) is -0.970. The molecule has 1 fully saturated rings. The van der Waals surface area contributed by atoms with Gasteiger partial charge in [0.25, 0.3) is 10.0 Å². The van der Waals surface area contributed by atoms with Crippen molar-refractivity contribution in [2.75, 3.05) is 17.1 Å². The van der Waals surface area contributed by atoms with E-state index in [1.807, 2.05) is 0 Å². The second-order valence-electron chi connectivity index (χ2n) is 8.26. The second-order valence-corrected chi connectivity index (χ2v) is 10.9. The fraction of sp³-hybridized carbons (Fsp3) is 0.292. The van der Waals surface area contributed by atoms with E-state index in [2.05, 4.69) is 15.0 Å². The molecule has 9 nitrogen and oxygen atoms in total. The number of benzene rings is 2. The molecule has 1 aliphatic rings. The number of anilines is 2. The van der Waals surface area contributed by atoms with Gasteiger partial charge in [-0.1, -0.05) is 24.2 Å². The number of aryl methyl sites for hydroxylation is 1. The molecule has 3 N–H and O–H groups in total. The first kappa shape index (κ1) is 24.7. The lowest BCUT2D eigenvalue weighted by Crippen LogP contribution is -2.20. The number of sulfonamides is 1. The third-order valence-electron chi connectivity index (χ3n) is 5.85. The predicted octanol–water partition coefficient (Wildman–Crippen LogP) is 4.75. The molecule has 0 bridgehead atoms. The lowest BCUT2D eigenvalue weighted by Gasteiger charge is -2.13. The van der Waals surface area contributed by atoms with Gasteiger partial charge in [0, 0.05) is 11.6 Å². The summed E-state index contributed by atoms with van der Waals surface area (Å²) in [4.78, 5) is 28.7. The van der Waals surface area contributed by atoms with Gasteiger partial charge >= 0.3 is 5.97 Å². The van der Waals surface area contributed by atoms with Crippen LogP contribution in [0.4, 0.5) is 10.8 Å². The molecule has 1 heterocycles. The van der Waals surface area contributed by atoms with Crippen molar-refractivity contribution in [3.63, 3.8) is 0 Å². The summed E-state index contributed by atoms with van der Waals surface area (Å²) < 4.78 is 34.1. The normalized spacial score (nSPS) is 14.0. The highest BCUT2D eigenvalue weighted by atomic mass is 32.2. The molecule has 1 amide bonds. The number of nitrogens with zero attached hydrogens (tertiary/aromatic N) is 1. The highest BCUT2D eigenvalue weighted by Crippen LogP contribution is 2.37. The van der Waals surface area contributed by atoms with Gasteiger partial charge in [-0.2, -0.15) is 0 Å². The van der Waals surface area contributed by atoms with Crippen LogP contribution in [-0.2, 0) is 14.8 Å². The first-order chi connectivity index (χ1) is 16.7. The van der Waals surface area contributed by atoms with Crippen molar-refractivity contribution >= 4 is 44.1 Å². The van der Waals surface area contributed by atoms with Crippen LogP contribution in [-0.4, -0.2) is 37.5 Å². The van der Waals surface area contributed by atoms with Crippen molar-refractivity contribution in [1.82, 2.24) is 4.98 Å². The summed E-state index contributed by atoms with van der Waals surface area (Å²) in [5, 5.41) is 12.4. The molecular weight excluding hydrogens is 490 g/mol. The number of nitrogens with one attached hydrogen (secondary N) is 2. The maximum atomic E-state index is 13.2. The van der Waals surface area contributed by atoms with Crippen LogP contribution >= 0.6 is 11.3 Å². The highest BCUT2D eigenvalue weighted by molar-refractivity contribution is 7.92. The summed E-state index contributed by atoms with van der Waals surface area (Å²) in [6.45, 7) is 1.80. The topological polar surface area (TPSA) is 135 Å². The predicted molar refractivity (Wildman–Crippen MR) is 134 cm³/mol. The number of rotatable bonds is 8. The summed E-state index contributed by atoms with van der Waals surface area (Å²) in [6.07, 6.45) is 3.88. The largest absolute Gasteiger partial charge is 0.495 e. The number of amides is 1. The van der Waals surface area contributed by atoms with Crippen molar-refractivity contribution in [2.45, 2.75) is 37.5 Å². The zero-order valence-corrected chi connectivity index (χ0v) is 20.8. The number of ether oxygens (including phenoxy) is 1. The number of carbonyl (C=O) groups is 2. The Morgan fingerprint density at radius 3 is 2.43 bits per heavy atom. The minimum Gasteiger partial charge on any atom is -0.495 e. The van der Waals surface area contributed by atoms with E-state index < -0.39 is 16.0 Å². The average molecular weight is 516 g/mol. The Morgan fingerprint density at radius 1 is 1.11 bits per heavy atom. The van der Waals surface area contributed by atoms with Crippen LogP contribution in [0.2, 0.25) is 0 Å². The standard InChI is InChI=1S/C24H25N3O6S2/c1-14-21(34-24(25-14)26-22(28)15-5-3-4-6-15)17-9-12-19(33-2)20(13-17)35(31,32)27-18-10-7-16(8-11-18)23(29)30/h7-13,15,27H,3-6H2,1-2H3,(H,29,30)(H,25,26,28). The summed E-state index contributed by atoms with van der Waals surface area (Å²) >= 11 is 1.29. The van der Waals surface area contributed by atoms with Crippen molar-refractivity contribution in [3.05, 3.63) is 53.7 Å². The van der Waals surface area contributed by atoms with Crippen LogP contribution in [0, 0.1) is 12.8 Å². The number of carboxylic acid groups (broad SMARTS) is 1. The fourth-order valence-electron chi connectivity index (χ4n) is 4.03. The minimum absolute atomic E-state index is 0.0102. The van der Waals surface area contributed by atoms with Crippen molar-refractivity contribution in [3.8, 4) is 16.2 Å². The van der Waals surface area contributed by atoms with Gasteiger partial charge in [-0.15, -0.1) is 0 Å². The first-order valence-electron chi connectivity index (χ1n) is 11.0. The number of hydrogen-bond acceptors (Lipinski definition) is 7. The lowest BCUT2D eigenvalue weighted by molar-refractivity contribution is -0.119. The third-order valence-corrected chi connectivity index (χ3v) is 8.38. The molecule has 1 saturated carbocycles. The van der Waals surface area contributed by atoms with Crippen molar-refractivity contribution in [2.24, 2.45) is 5.92 Å².